The molecule has 1 aromatic rings. The summed E-state index contributed by atoms with van der Waals surface area (Å²) in [7, 11) is 0. The third kappa shape index (κ3) is 2.70. The third-order valence-electron chi connectivity index (χ3n) is 2.50. The molecule has 1 unspecified atom stereocenters. The van der Waals surface area contributed by atoms with E-state index in [0.717, 1.165) is 25.6 Å². The molecule has 1 aromatic heterocycles. The van der Waals surface area contributed by atoms with Crippen LogP contribution >= 0.6 is 0 Å². The molecule has 2 heterocycles. The average molecular weight is 192 g/mol. The molecule has 1 aliphatic heterocycles. The lowest BCUT2D eigenvalue weighted by molar-refractivity contribution is 0.212. The van der Waals surface area contributed by atoms with E-state index in [1.165, 1.54) is 12.8 Å². The molecule has 3 heteroatoms. The summed E-state index contributed by atoms with van der Waals surface area (Å²) in [6.07, 6.45) is 4.28. The molecule has 1 aliphatic rings. The van der Waals surface area contributed by atoms with E-state index in [9.17, 15) is 0 Å². The molecule has 1 atom stereocenters. The normalized spacial score (nSPS) is 21.9. The highest BCUT2D eigenvalue weighted by atomic mass is 16.5. The van der Waals surface area contributed by atoms with Gasteiger partial charge < -0.3 is 10.1 Å². The van der Waals surface area contributed by atoms with Crippen molar-refractivity contribution in [3.63, 3.8) is 0 Å². The van der Waals surface area contributed by atoms with E-state index in [4.69, 9.17) is 4.74 Å². The molecule has 0 radical (unpaired) electrons. The smallest absolute Gasteiger partial charge is 0.213 e. The number of rotatable bonds is 3. The fourth-order valence-electron chi connectivity index (χ4n) is 1.70. The minimum atomic E-state index is 0.644. The van der Waals surface area contributed by atoms with E-state index in [1.807, 2.05) is 18.2 Å². The zero-order chi connectivity index (χ0) is 9.64. The predicted molar refractivity (Wildman–Crippen MR) is 55.3 cm³/mol. The minimum absolute atomic E-state index is 0.644. The summed E-state index contributed by atoms with van der Waals surface area (Å²) in [6, 6.07) is 5.74. The first-order chi connectivity index (χ1) is 6.95. The fourth-order valence-corrected chi connectivity index (χ4v) is 1.70. The number of hydrogen-bond donors (Lipinski definition) is 1. The van der Waals surface area contributed by atoms with Gasteiger partial charge in [-0.05, 0) is 25.5 Å². The van der Waals surface area contributed by atoms with Gasteiger partial charge in [0.15, 0.2) is 0 Å². The summed E-state index contributed by atoms with van der Waals surface area (Å²) in [5.74, 6) is 1.38. The van der Waals surface area contributed by atoms with Crippen molar-refractivity contribution in [3.05, 3.63) is 24.4 Å². The van der Waals surface area contributed by atoms with Crippen LogP contribution in [-0.4, -0.2) is 24.7 Å². The topological polar surface area (TPSA) is 34.1 Å². The van der Waals surface area contributed by atoms with Gasteiger partial charge in [0.05, 0.1) is 6.61 Å². The van der Waals surface area contributed by atoms with Gasteiger partial charge in [0, 0.05) is 24.7 Å². The van der Waals surface area contributed by atoms with Crippen LogP contribution in [0.3, 0.4) is 0 Å². The van der Waals surface area contributed by atoms with Gasteiger partial charge in [-0.2, -0.15) is 0 Å². The lowest BCUT2D eigenvalue weighted by Crippen LogP contribution is -2.33. The van der Waals surface area contributed by atoms with Gasteiger partial charge in [-0.1, -0.05) is 6.07 Å². The molecular weight excluding hydrogens is 176 g/mol. The van der Waals surface area contributed by atoms with Gasteiger partial charge >= 0.3 is 0 Å². The molecule has 0 bridgehead atoms. The Bertz CT molecular complexity index is 257. The summed E-state index contributed by atoms with van der Waals surface area (Å²) in [6.45, 7) is 3.01. The number of piperidine rings is 1. The zero-order valence-electron chi connectivity index (χ0n) is 8.28. The van der Waals surface area contributed by atoms with Crippen LogP contribution < -0.4 is 10.1 Å². The Morgan fingerprint density at radius 2 is 2.50 bits per heavy atom. The Labute approximate surface area is 84.5 Å². The van der Waals surface area contributed by atoms with Crippen LogP contribution in [0, 0.1) is 5.92 Å². The van der Waals surface area contributed by atoms with E-state index in [2.05, 4.69) is 10.3 Å². The quantitative estimate of drug-likeness (QED) is 0.787. The highest BCUT2D eigenvalue weighted by molar-refractivity contribution is 5.09. The van der Waals surface area contributed by atoms with Gasteiger partial charge in [-0.3, -0.25) is 0 Å². The summed E-state index contributed by atoms with van der Waals surface area (Å²) in [5.41, 5.74) is 0. The van der Waals surface area contributed by atoms with Crippen LogP contribution in [0.2, 0.25) is 0 Å². The number of aromatic nitrogens is 1. The van der Waals surface area contributed by atoms with Crippen molar-refractivity contribution in [1.29, 1.82) is 0 Å². The molecule has 1 N–H and O–H groups in total. The number of ether oxygens (including phenoxy) is 1. The van der Waals surface area contributed by atoms with E-state index in [1.54, 1.807) is 6.20 Å². The molecule has 76 valence electrons. The number of hydrogen-bond acceptors (Lipinski definition) is 3. The lowest BCUT2D eigenvalue weighted by Gasteiger charge is -2.22. The van der Waals surface area contributed by atoms with Gasteiger partial charge in [-0.15, -0.1) is 0 Å². The van der Waals surface area contributed by atoms with E-state index < -0.39 is 0 Å². The molecule has 0 spiro atoms. The second-order valence-corrected chi connectivity index (χ2v) is 3.69. The van der Waals surface area contributed by atoms with Crippen molar-refractivity contribution in [1.82, 2.24) is 10.3 Å². The average Bonchev–Trinajstić information content (AvgIpc) is 2.29. The van der Waals surface area contributed by atoms with E-state index in [-0.39, 0.29) is 0 Å². The summed E-state index contributed by atoms with van der Waals surface area (Å²) in [4.78, 5) is 4.12. The van der Waals surface area contributed by atoms with Crippen LogP contribution in [0.15, 0.2) is 24.4 Å². The summed E-state index contributed by atoms with van der Waals surface area (Å²) < 4.78 is 5.59. The van der Waals surface area contributed by atoms with Crippen molar-refractivity contribution < 1.29 is 4.74 Å². The van der Waals surface area contributed by atoms with Gasteiger partial charge in [0.2, 0.25) is 5.88 Å². The molecule has 0 amide bonds. The standard InChI is InChI=1S/C11H16N2O/c1-2-7-13-11(5-1)14-9-10-4-3-6-12-8-10/h1-2,5,7,10,12H,3-4,6,8-9H2. The van der Waals surface area contributed by atoms with Crippen LogP contribution in [0.5, 0.6) is 5.88 Å². The Morgan fingerprint density at radius 3 is 3.21 bits per heavy atom. The van der Waals surface area contributed by atoms with Gasteiger partial charge in [0.25, 0.3) is 0 Å². The maximum atomic E-state index is 5.59. The monoisotopic (exact) mass is 192 g/mol. The molecule has 2 rings (SSSR count). The SMILES string of the molecule is c1ccc(OCC2CCCNC2)nc1. The van der Waals surface area contributed by atoms with E-state index in [0.29, 0.717) is 5.92 Å². The van der Waals surface area contributed by atoms with Crippen molar-refractivity contribution in [2.24, 2.45) is 5.92 Å². The molecule has 0 aromatic carbocycles. The second-order valence-electron chi connectivity index (χ2n) is 3.69. The second kappa shape index (κ2) is 4.96. The first-order valence-electron chi connectivity index (χ1n) is 5.20. The van der Waals surface area contributed by atoms with Crippen LogP contribution in [-0.2, 0) is 0 Å². The number of nitrogens with zero attached hydrogens (tertiary/aromatic N) is 1. The predicted octanol–water partition coefficient (Wildman–Crippen LogP) is 1.46. The lowest BCUT2D eigenvalue weighted by atomic mass is 10.0. The van der Waals surface area contributed by atoms with Crippen molar-refractivity contribution in [2.45, 2.75) is 12.8 Å². The molecule has 0 aliphatic carbocycles. The molecule has 0 saturated carbocycles. The van der Waals surface area contributed by atoms with Crippen LogP contribution in [0.1, 0.15) is 12.8 Å². The van der Waals surface area contributed by atoms with Crippen molar-refractivity contribution in [3.8, 4) is 5.88 Å². The van der Waals surface area contributed by atoms with Crippen molar-refractivity contribution in [2.75, 3.05) is 19.7 Å². The first kappa shape index (κ1) is 9.46. The van der Waals surface area contributed by atoms with Crippen LogP contribution in [0.4, 0.5) is 0 Å². The Morgan fingerprint density at radius 1 is 1.50 bits per heavy atom. The largest absolute Gasteiger partial charge is 0.477 e. The third-order valence-corrected chi connectivity index (χ3v) is 2.50. The summed E-state index contributed by atoms with van der Waals surface area (Å²) >= 11 is 0. The maximum absolute atomic E-state index is 5.59. The van der Waals surface area contributed by atoms with Crippen molar-refractivity contribution >= 4 is 0 Å². The van der Waals surface area contributed by atoms with E-state index >= 15 is 0 Å². The molecule has 1 saturated heterocycles. The minimum Gasteiger partial charge on any atom is -0.477 e. The first-order valence-corrected chi connectivity index (χ1v) is 5.20. The molecule has 3 nitrogen and oxygen atoms in total. The maximum Gasteiger partial charge on any atom is 0.213 e. The Kier molecular flexibility index (Phi) is 3.35. The highest BCUT2D eigenvalue weighted by Crippen LogP contribution is 2.12. The fraction of sp³-hybridized carbons (Fsp3) is 0.545. The molecular formula is C11H16N2O. The van der Waals surface area contributed by atoms with Gasteiger partial charge in [0.1, 0.15) is 0 Å². The van der Waals surface area contributed by atoms with Crippen LogP contribution in [0.25, 0.3) is 0 Å². The number of nitrogens with one attached hydrogen (secondary N) is 1. The Balaban J connectivity index is 1.76. The van der Waals surface area contributed by atoms with Gasteiger partial charge in [-0.25, -0.2) is 4.98 Å². The molecule has 1 fully saturated rings. The molecule has 14 heavy (non-hydrogen) atoms. The number of pyridine rings is 1. The highest BCUT2D eigenvalue weighted by Gasteiger charge is 2.13. The Hall–Kier alpha value is -1.09. The zero-order valence-corrected chi connectivity index (χ0v) is 8.28. The summed E-state index contributed by atoms with van der Waals surface area (Å²) in [5, 5.41) is 3.37.